The molecule has 0 amide bonds. The molecule has 0 aliphatic carbocycles. The van der Waals surface area contributed by atoms with Gasteiger partial charge in [-0.25, -0.2) is 4.98 Å². The Kier molecular flexibility index (Phi) is 2.87. The third kappa shape index (κ3) is 2.10. The first-order chi connectivity index (χ1) is 7.20. The van der Waals surface area contributed by atoms with Crippen molar-refractivity contribution in [1.29, 1.82) is 0 Å². The fourth-order valence-electron chi connectivity index (χ4n) is 1.70. The number of aryl methyl sites for hydroxylation is 3. The van der Waals surface area contributed by atoms with Crippen LogP contribution < -0.4 is 0 Å². The first-order valence-corrected chi connectivity index (χ1v) is 6.05. The summed E-state index contributed by atoms with van der Waals surface area (Å²) in [6.07, 6.45) is 1.09. The van der Waals surface area contributed by atoms with E-state index in [9.17, 15) is 0 Å². The number of benzene rings is 1. The predicted octanol–water partition coefficient (Wildman–Crippen LogP) is 3.99. The molecule has 0 spiro atoms. The van der Waals surface area contributed by atoms with Gasteiger partial charge >= 0.3 is 0 Å². The van der Waals surface area contributed by atoms with Gasteiger partial charge in [0.05, 0.1) is 10.7 Å². The van der Waals surface area contributed by atoms with Crippen LogP contribution in [0.5, 0.6) is 0 Å². The second-order valence-corrected chi connectivity index (χ2v) is 5.10. The number of thiazole rings is 1. The summed E-state index contributed by atoms with van der Waals surface area (Å²) in [4.78, 5) is 5.86. The summed E-state index contributed by atoms with van der Waals surface area (Å²) in [7, 11) is 0. The molecule has 0 aliphatic heterocycles. The minimum absolute atomic E-state index is 1.09. The lowest BCUT2D eigenvalue weighted by atomic mass is 10.1. The van der Waals surface area contributed by atoms with Crippen LogP contribution in [0.1, 0.15) is 22.4 Å². The molecule has 2 heteroatoms. The highest BCUT2D eigenvalue weighted by atomic mass is 32.1. The van der Waals surface area contributed by atoms with Crippen molar-refractivity contribution < 1.29 is 0 Å². The van der Waals surface area contributed by atoms with Crippen LogP contribution in [0.25, 0.3) is 11.3 Å². The Morgan fingerprint density at radius 2 is 1.80 bits per heavy atom. The Bertz CT molecular complexity index is 454. The van der Waals surface area contributed by atoms with Crippen molar-refractivity contribution in [2.75, 3.05) is 0 Å². The fraction of sp³-hybridized carbons (Fsp3) is 0.308. The summed E-state index contributed by atoms with van der Waals surface area (Å²) < 4.78 is 0. The van der Waals surface area contributed by atoms with Gasteiger partial charge in [-0.2, -0.15) is 0 Å². The topological polar surface area (TPSA) is 12.9 Å². The number of rotatable bonds is 2. The SMILES string of the molecule is CCc1ccc(-c2nc(C)sc2C)cc1. The maximum absolute atomic E-state index is 4.55. The molecule has 0 bridgehead atoms. The van der Waals surface area contributed by atoms with Crippen molar-refractivity contribution in [3.8, 4) is 11.3 Å². The normalized spacial score (nSPS) is 10.6. The highest BCUT2D eigenvalue weighted by Gasteiger charge is 2.06. The molecule has 0 unspecified atom stereocenters. The van der Waals surface area contributed by atoms with E-state index < -0.39 is 0 Å². The van der Waals surface area contributed by atoms with Crippen LogP contribution in [0.4, 0.5) is 0 Å². The Morgan fingerprint density at radius 3 is 2.27 bits per heavy atom. The van der Waals surface area contributed by atoms with Crippen LogP contribution in [-0.2, 0) is 6.42 Å². The van der Waals surface area contributed by atoms with E-state index in [4.69, 9.17) is 0 Å². The Hall–Kier alpha value is -1.15. The third-order valence-corrected chi connectivity index (χ3v) is 3.43. The zero-order chi connectivity index (χ0) is 10.8. The summed E-state index contributed by atoms with van der Waals surface area (Å²) >= 11 is 1.76. The van der Waals surface area contributed by atoms with Crippen LogP contribution in [-0.4, -0.2) is 4.98 Å². The lowest BCUT2D eigenvalue weighted by Crippen LogP contribution is -1.83. The van der Waals surface area contributed by atoms with Gasteiger partial charge in [0.2, 0.25) is 0 Å². The van der Waals surface area contributed by atoms with Crippen LogP contribution in [0.2, 0.25) is 0 Å². The van der Waals surface area contributed by atoms with E-state index in [1.165, 1.54) is 16.0 Å². The van der Waals surface area contributed by atoms with E-state index in [1.807, 2.05) is 0 Å². The summed E-state index contributed by atoms with van der Waals surface area (Å²) in [5.41, 5.74) is 3.75. The fourth-order valence-corrected chi connectivity index (χ4v) is 2.54. The smallest absolute Gasteiger partial charge is 0.0904 e. The second-order valence-electron chi connectivity index (χ2n) is 3.69. The van der Waals surface area contributed by atoms with Crippen LogP contribution in [0.15, 0.2) is 24.3 Å². The molecule has 1 aromatic carbocycles. The molecule has 2 aromatic rings. The summed E-state index contributed by atoms with van der Waals surface area (Å²) in [5, 5.41) is 1.14. The Labute approximate surface area is 94.8 Å². The van der Waals surface area contributed by atoms with E-state index >= 15 is 0 Å². The molecule has 0 N–H and O–H groups in total. The largest absolute Gasteiger partial charge is 0.241 e. The number of nitrogens with zero attached hydrogens (tertiary/aromatic N) is 1. The van der Waals surface area contributed by atoms with Gasteiger partial charge in [0, 0.05) is 10.4 Å². The molecule has 0 radical (unpaired) electrons. The first-order valence-electron chi connectivity index (χ1n) is 5.24. The van der Waals surface area contributed by atoms with Crippen LogP contribution in [0, 0.1) is 13.8 Å². The average molecular weight is 217 g/mol. The Balaban J connectivity index is 2.41. The van der Waals surface area contributed by atoms with Gasteiger partial charge in [-0.1, -0.05) is 31.2 Å². The van der Waals surface area contributed by atoms with Crippen molar-refractivity contribution in [3.63, 3.8) is 0 Å². The van der Waals surface area contributed by atoms with Crippen molar-refractivity contribution in [2.45, 2.75) is 27.2 Å². The molecule has 1 nitrogen and oxygen atoms in total. The van der Waals surface area contributed by atoms with Crippen LogP contribution in [0.3, 0.4) is 0 Å². The van der Waals surface area contributed by atoms with Gasteiger partial charge in [0.1, 0.15) is 0 Å². The highest BCUT2D eigenvalue weighted by molar-refractivity contribution is 7.11. The molecule has 1 heterocycles. The lowest BCUT2D eigenvalue weighted by Gasteiger charge is -2.00. The maximum atomic E-state index is 4.55. The van der Waals surface area contributed by atoms with Gasteiger partial charge in [0.25, 0.3) is 0 Å². The molecule has 0 saturated carbocycles. The maximum Gasteiger partial charge on any atom is 0.0904 e. The molecular weight excluding hydrogens is 202 g/mol. The molecule has 0 saturated heterocycles. The van der Waals surface area contributed by atoms with Gasteiger partial charge in [-0.15, -0.1) is 11.3 Å². The van der Waals surface area contributed by atoms with E-state index in [0.29, 0.717) is 0 Å². The molecule has 15 heavy (non-hydrogen) atoms. The van der Waals surface area contributed by atoms with Gasteiger partial charge in [0.15, 0.2) is 0 Å². The van der Waals surface area contributed by atoms with Crippen molar-refractivity contribution in [3.05, 3.63) is 39.7 Å². The zero-order valence-corrected chi connectivity index (χ0v) is 10.2. The third-order valence-electron chi connectivity index (χ3n) is 2.54. The number of hydrogen-bond donors (Lipinski definition) is 0. The molecule has 0 atom stereocenters. The van der Waals surface area contributed by atoms with Gasteiger partial charge in [-0.3, -0.25) is 0 Å². The zero-order valence-electron chi connectivity index (χ0n) is 9.37. The standard InChI is InChI=1S/C13H15NS/c1-4-11-5-7-12(8-6-11)13-9(2)15-10(3)14-13/h5-8H,4H2,1-3H3. The molecular formula is C13H15NS. The highest BCUT2D eigenvalue weighted by Crippen LogP contribution is 2.27. The molecule has 78 valence electrons. The number of hydrogen-bond acceptors (Lipinski definition) is 2. The van der Waals surface area contributed by atoms with Crippen molar-refractivity contribution in [2.24, 2.45) is 0 Å². The summed E-state index contributed by atoms with van der Waals surface area (Å²) in [6, 6.07) is 8.70. The van der Waals surface area contributed by atoms with E-state index in [-0.39, 0.29) is 0 Å². The minimum atomic E-state index is 1.09. The van der Waals surface area contributed by atoms with Crippen molar-refractivity contribution >= 4 is 11.3 Å². The number of aromatic nitrogens is 1. The summed E-state index contributed by atoms with van der Waals surface area (Å²) in [5.74, 6) is 0. The molecule has 2 rings (SSSR count). The average Bonchev–Trinajstić information content (AvgIpc) is 2.58. The predicted molar refractivity (Wildman–Crippen MR) is 66.4 cm³/mol. The molecule has 1 aromatic heterocycles. The van der Waals surface area contributed by atoms with Gasteiger partial charge < -0.3 is 0 Å². The van der Waals surface area contributed by atoms with E-state index in [2.05, 4.69) is 50.0 Å². The summed E-state index contributed by atoms with van der Waals surface area (Å²) in [6.45, 7) is 6.36. The van der Waals surface area contributed by atoms with E-state index in [1.54, 1.807) is 11.3 Å². The van der Waals surface area contributed by atoms with E-state index in [0.717, 1.165) is 17.1 Å². The second kappa shape index (κ2) is 4.15. The minimum Gasteiger partial charge on any atom is -0.241 e. The van der Waals surface area contributed by atoms with Gasteiger partial charge in [-0.05, 0) is 25.8 Å². The molecule has 0 aliphatic rings. The quantitative estimate of drug-likeness (QED) is 0.741. The molecule has 0 fully saturated rings. The monoisotopic (exact) mass is 217 g/mol. The van der Waals surface area contributed by atoms with Crippen molar-refractivity contribution in [1.82, 2.24) is 4.98 Å². The first kappa shape index (κ1) is 10.4. The Morgan fingerprint density at radius 1 is 1.13 bits per heavy atom. The van der Waals surface area contributed by atoms with Crippen LogP contribution >= 0.6 is 11.3 Å². The lowest BCUT2D eigenvalue weighted by molar-refractivity contribution is 1.14.